The van der Waals surface area contributed by atoms with E-state index in [0.717, 1.165) is 44.5 Å². The molecule has 5 nitrogen and oxygen atoms in total. The molecular formula is C18H25F3N4O. The fourth-order valence-corrected chi connectivity index (χ4v) is 2.70. The summed E-state index contributed by atoms with van der Waals surface area (Å²) >= 11 is 0. The number of halogens is 3. The molecule has 1 saturated heterocycles. The first-order valence-corrected chi connectivity index (χ1v) is 8.67. The van der Waals surface area contributed by atoms with E-state index in [0.29, 0.717) is 11.5 Å². The minimum Gasteiger partial charge on any atom is -0.347 e. The van der Waals surface area contributed by atoms with Gasteiger partial charge in [-0.3, -0.25) is 4.79 Å². The van der Waals surface area contributed by atoms with Gasteiger partial charge in [0, 0.05) is 27.2 Å². The average molecular weight is 370 g/mol. The zero-order valence-electron chi connectivity index (χ0n) is 15.1. The zero-order valence-corrected chi connectivity index (χ0v) is 15.1. The van der Waals surface area contributed by atoms with E-state index in [1.807, 2.05) is 0 Å². The molecule has 0 atom stereocenters. The number of alkyl halides is 3. The highest BCUT2D eigenvalue weighted by Crippen LogP contribution is 2.29. The second-order valence-corrected chi connectivity index (χ2v) is 6.53. The molecule has 1 aliphatic rings. The lowest BCUT2D eigenvalue weighted by atomic mass is 10.1. The number of nitrogens with zero attached hydrogens (tertiary/aromatic N) is 3. The summed E-state index contributed by atoms with van der Waals surface area (Å²) in [6.45, 7) is 1.87. The van der Waals surface area contributed by atoms with Crippen LogP contribution in [-0.4, -0.2) is 55.4 Å². The Hall–Kier alpha value is -2.25. The van der Waals surface area contributed by atoms with E-state index in [4.69, 9.17) is 0 Å². The average Bonchev–Trinajstić information content (AvgIpc) is 2.61. The summed E-state index contributed by atoms with van der Waals surface area (Å²) in [5.74, 6) is 0.478. The van der Waals surface area contributed by atoms with Gasteiger partial charge in [-0.05, 0) is 37.0 Å². The van der Waals surface area contributed by atoms with E-state index in [1.54, 1.807) is 20.2 Å². The van der Waals surface area contributed by atoms with Gasteiger partial charge in [0.05, 0.1) is 18.7 Å². The van der Waals surface area contributed by atoms with Gasteiger partial charge in [0.2, 0.25) is 5.91 Å². The van der Waals surface area contributed by atoms with Crippen molar-refractivity contribution in [3.63, 3.8) is 0 Å². The van der Waals surface area contributed by atoms with Crippen LogP contribution >= 0.6 is 0 Å². The predicted octanol–water partition coefficient (Wildman–Crippen LogP) is 2.73. The summed E-state index contributed by atoms with van der Waals surface area (Å²) < 4.78 is 38.5. The number of hydrogen-bond acceptors (Lipinski definition) is 2. The van der Waals surface area contributed by atoms with Crippen LogP contribution in [0, 0.1) is 0 Å². The highest BCUT2D eigenvalue weighted by atomic mass is 19.4. The molecule has 1 fully saturated rings. The van der Waals surface area contributed by atoms with Gasteiger partial charge in [0.15, 0.2) is 5.96 Å². The van der Waals surface area contributed by atoms with Crippen LogP contribution in [0.1, 0.15) is 30.4 Å². The molecule has 8 heteroatoms. The van der Waals surface area contributed by atoms with Gasteiger partial charge in [-0.2, -0.15) is 13.2 Å². The number of aliphatic imine (C=N–C) groups is 1. The highest BCUT2D eigenvalue weighted by molar-refractivity contribution is 5.86. The Balaban J connectivity index is 2.12. The van der Waals surface area contributed by atoms with Crippen molar-refractivity contribution in [2.45, 2.75) is 32.0 Å². The molecule has 26 heavy (non-hydrogen) atoms. The molecule has 0 unspecified atom stereocenters. The van der Waals surface area contributed by atoms with Crippen LogP contribution in [-0.2, 0) is 17.5 Å². The van der Waals surface area contributed by atoms with Crippen molar-refractivity contribution in [3.05, 3.63) is 35.4 Å². The molecule has 1 aliphatic heterocycles. The van der Waals surface area contributed by atoms with Crippen molar-refractivity contribution in [2.24, 2.45) is 4.99 Å². The van der Waals surface area contributed by atoms with Crippen molar-refractivity contribution < 1.29 is 18.0 Å². The molecule has 1 N–H and O–H groups in total. The first-order chi connectivity index (χ1) is 12.3. The summed E-state index contributed by atoms with van der Waals surface area (Å²) in [6.07, 6.45) is -1.16. The van der Waals surface area contributed by atoms with E-state index < -0.39 is 11.7 Å². The lowest BCUT2D eigenvalue weighted by Gasteiger charge is -2.30. The Morgan fingerprint density at radius 2 is 1.92 bits per heavy atom. The quantitative estimate of drug-likeness (QED) is 0.655. The van der Waals surface area contributed by atoms with Gasteiger partial charge in [0.1, 0.15) is 0 Å². The third kappa shape index (κ3) is 5.93. The third-order valence-corrected chi connectivity index (χ3v) is 4.22. The summed E-state index contributed by atoms with van der Waals surface area (Å²) in [4.78, 5) is 19.8. The summed E-state index contributed by atoms with van der Waals surface area (Å²) in [5, 5.41) is 3.05. The predicted molar refractivity (Wildman–Crippen MR) is 94.7 cm³/mol. The number of nitrogens with one attached hydrogen (secondary N) is 1. The lowest BCUT2D eigenvalue weighted by molar-refractivity contribution is -0.137. The number of carbonyl (C=O) groups excluding carboxylic acids is 1. The van der Waals surface area contributed by atoms with Gasteiger partial charge < -0.3 is 15.1 Å². The Bertz CT molecular complexity index is 638. The molecule has 1 heterocycles. The van der Waals surface area contributed by atoms with Gasteiger partial charge in [-0.15, -0.1) is 0 Å². The third-order valence-electron chi connectivity index (χ3n) is 4.22. The summed E-state index contributed by atoms with van der Waals surface area (Å²) in [5.41, 5.74) is -0.199. The fourth-order valence-electron chi connectivity index (χ4n) is 2.70. The topological polar surface area (TPSA) is 47.9 Å². The zero-order chi connectivity index (χ0) is 19.2. The van der Waals surface area contributed by atoms with Gasteiger partial charge >= 0.3 is 6.18 Å². The summed E-state index contributed by atoms with van der Waals surface area (Å²) in [6, 6.07) is 5.17. The molecule has 0 aliphatic carbocycles. The number of benzene rings is 1. The molecule has 2 rings (SSSR count). The van der Waals surface area contributed by atoms with Crippen molar-refractivity contribution in [3.8, 4) is 0 Å². The van der Waals surface area contributed by atoms with Crippen LogP contribution in [0.15, 0.2) is 29.3 Å². The number of piperidine rings is 1. The second kappa shape index (κ2) is 8.91. The van der Waals surface area contributed by atoms with Crippen LogP contribution < -0.4 is 5.32 Å². The molecule has 0 radical (unpaired) electrons. The minimum atomic E-state index is -4.37. The Labute approximate surface area is 151 Å². The van der Waals surface area contributed by atoms with E-state index >= 15 is 0 Å². The maximum atomic E-state index is 12.8. The van der Waals surface area contributed by atoms with Crippen LogP contribution in [0.4, 0.5) is 13.2 Å². The van der Waals surface area contributed by atoms with Gasteiger partial charge in [-0.1, -0.05) is 12.1 Å². The largest absolute Gasteiger partial charge is 0.416 e. The number of amides is 1. The maximum absolute atomic E-state index is 12.8. The maximum Gasteiger partial charge on any atom is 0.416 e. The molecule has 1 aromatic carbocycles. The molecular weight excluding hydrogens is 345 g/mol. The number of likely N-dealkylation sites (N-methyl/N-ethyl adjacent to an activating group) is 1. The van der Waals surface area contributed by atoms with Gasteiger partial charge in [0.25, 0.3) is 0 Å². The molecule has 0 spiro atoms. The van der Waals surface area contributed by atoms with Crippen molar-refractivity contribution in [1.82, 2.24) is 15.1 Å². The molecule has 0 aromatic heterocycles. The number of likely N-dealkylation sites (tertiary alicyclic amines) is 1. The van der Waals surface area contributed by atoms with Crippen LogP contribution in [0.2, 0.25) is 0 Å². The second-order valence-electron chi connectivity index (χ2n) is 6.53. The van der Waals surface area contributed by atoms with E-state index in [1.165, 1.54) is 11.0 Å². The number of rotatable bonds is 4. The SMILES string of the molecule is CN(C)C(=O)CNC(=NCc1cccc(C(F)(F)F)c1)N1CCCCC1. The number of hydrogen-bond donors (Lipinski definition) is 1. The minimum absolute atomic E-state index is 0.0891. The van der Waals surface area contributed by atoms with E-state index in [9.17, 15) is 18.0 Å². The van der Waals surface area contributed by atoms with Crippen LogP contribution in [0.5, 0.6) is 0 Å². The number of guanidine groups is 1. The Kier molecular flexibility index (Phi) is 6.88. The first-order valence-electron chi connectivity index (χ1n) is 8.67. The molecule has 1 amide bonds. The molecule has 0 saturated carbocycles. The summed E-state index contributed by atoms with van der Waals surface area (Å²) in [7, 11) is 3.34. The van der Waals surface area contributed by atoms with Crippen molar-refractivity contribution in [2.75, 3.05) is 33.7 Å². The highest BCUT2D eigenvalue weighted by Gasteiger charge is 2.30. The van der Waals surface area contributed by atoms with E-state index in [-0.39, 0.29) is 19.0 Å². The monoisotopic (exact) mass is 370 g/mol. The van der Waals surface area contributed by atoms with Crippen molar-refractivity contribution in [1.29, 1.82) is 0 Å². The van der Waals surface area contributed by atoms with Crippen molar-refractivity contribution >= 4 is 11.9 Å². The Morgan fingerprint density at radius 3 is 2.54 bits per heavy atom. The fraction of sp³-hybridized carbons (Fsp3) is 0.556. The lowest BCUT2D eigenvalue weighted by Crippen LogP contribution is -2.47. The normalized spacial score (nSPS) is 15.7. The van der Waals surface area contributed by atoms with Gasteiger partial charge in [-0.25, -0.2) is 4.99 Å². The standard InChI is InChI=1S/C18H25F3N4O/c1-24(2)16(26)13-23-17(25-9-4-3-5-10-25)22-12-14-7-6-8-15(11-14)18(19,20)21/h6-8,11H,3-5,9-10,12-13H2,1-2H3,(H,22,23). The Morgan fingerprint density at radius 1 is 1.23 bits per heavy atom. The van der Waals surface area contributed by atoms with Crippen LogP contribution in [0.3, 0.4) is 0 Å². The molecule has 144 valence electrons. The first kappa shape index (κ1) is 20.1. The van der Waals surface area contributed by atoms with Crippen LogP contribution in [0.25, 0.3) is 0 Å². The molecule has 0 bridgehead atoms. The molecule has 1 aromatic rings. The van der Waals surface area contributed by atoms with E-state index in [2.05, 4.69) is 15.2 Å². The smallest absolute Gasteiger partial charge is 0.347 e. The number of carbonyl (C=O) groups is 1.